The molecule has 0 bridgehead atoms. The van der Waals surface area contributed by atoms with Crippen molar-refractivity contribution >= 4 is 23.3 Å². The van der Waals surface area contributed by atoms with Crippen LogP contribution in [0.1, 0.15) is 19.8 Å². The van der Waals surface area contributed by atoms with Crippen LogP contribution in [0, 0.1) is 0 Å². The smallest absolute Gasteiger partial charge is 0.315 e. The van der Waals surface area contributed by atoms with E-state index in [0.29, 0.717) is 26.1 Å². The summed E-state index contributed by atoms with van der Waals surface area (Å²) in [7, 11) is 1.68. The van der Waals surface area contributed by atoms with Crippen LogP contribution in [0.25, 0.3) is 0 Å². The minimum Gasteiger partial charge on any atom is -0.497 e. The van der Waals surface area contributed by atoms with Crippen molar-refractivity contribution in [1.29, 1.82) is 0 Å². The van der Waals surface area contributed by atoms with Gasteiger partial charge in [-0.15, -0.1) is 0 Å². The third kappa shape index (κ3) is 6.81. The lowest BCUT2D eigenvalue weighted by Crippen LogP contribution is -2.47. The normalized spacial score (nSPS) is 18.3. The van der Waals surface area contributed by atoms with Crippen molar-refractivity contribution < 1.29 is 19.1 Å². The van der Waals surface area contributed by atoms with Gasteiger partial charge in [-0.05, 0) is 68.4 Å². The van der Waals surface area contributed by atoms with Crippen LogP contribution in [0.3, 0.4) is 0 Å². The molecule has 0 aromatic heterocycles. The molecule has 3 amide bonds. The van der Waals surface area contributed by atoms with E-state index in [9.17, 15) is 9.59 Å². The number of carbonyl (C=O) groups is 2. The number of piperazine rings is 1. The Balaban J connectivity index is 1.11. The Hall–Kier alpha value is -3.46. The lowest BCUT2D eigenvalue weighted by Gasteiger charge is -2.36. The topological polar surface area (TPSA) is 86.4 Å². The zero-order chi connectivity index (χ0) is 25.3. The number of urea groups is 1. The summed E-state index contributed by atoms with van der Waals surface area (Å²) in [6.07, 6.45) is 1.19. The number of ether oxygens (including phenoxy) is 2. The van der Waals surface area contributed by atoms with Crippen LogP contribution in [0.2, 0.25) is 0 Å². The first-order chi connectivity index (χ1) is 17.6. The van der Waals surface area contributed by atoms with Crippen LogP contribution in [-0.4, -0.2) is 82.4 Å². The molecule has 2 N–H and O–H groups in total. The predicted molar refractivity (Wildman–Crippen MR) is 141 cm³/mol. The second kappa shape index (κ2) is 12.5. The van der Waals surface area contributed by atoms with Gasteiger partial charge in [-0.3, -0.25) is 9.69 Å². The number of benzene rings is 2. The van der Waals surface area contributed by atoms with Gasteiger partial charge in [-0.2, -0.15) is 0 Å². The fourth-order valence-electron chi connectivity index (χ4n) is 4.71. The Morgan fingerprint density at radius 3 is 2.31 bits per heavy atom. The monoisotopic (exact) mass is 495 g/mol. The number of anilines is 2. The third-order valence-electron chi connectivity index (χ3n) is 6.67. The van der Waals surface area contributed by atoms with Crippen LogP contribution in [-0.2, 0) is 4.79 Å². The van der Waals surface area contributed by atoms with Gasteiger partial charge in [0.1, 0.15) is 11.5 Å². The highest BCUT2D eigenvalue weighted by Crippen LogP contribution is 2.24. The molecule has 1 atom stereocenters. The van der Waals surface area contributed by atoms with Crippen molar-refractivity contribution in [3.05, 3.63) is 48.5 Å². The van der Waals surface area contributed by atoms with Gasteiger partial charge in [0.2, 0.25) is 5.91 Å². The first-order valence-electron chi connectivity index (χ1n) is 12.7. The van der Waals surface area contributed by atoms with E-state index in [-0.39, 0.29) is 18.0 Å². The number of methoxy groups -OCH3 is 1. The van der Waals surface area contributed by atoms with Crippen molar-refractivity contribution in [2.45, 2.75) is 25.8 Å². The van der Waals surface area contributed by atoms with Crippen molar-refractivity contribution in [2.24, 2.45) is 0 Å². The Kier molecular flexibility index (Phi) is 8.89. The highest BCUT2D eigenvalue weighted by molar-refractivity contribution is 5.96. The Labute approximate surface area is 213 Å². The molecule has 9 nitrogen and oxygen atoms in total. The van der Waals surface area contributed by atoms with Crippen LogP contribution in [0.4, 0.5) is 16.2 Å². The van der Waals surface area contributed by atoms with Gasteiger partial charge in [-0.1, -0.05) is 0 Å². The van der Waals surface area contributed by atoms with Crippen molar-refractivity contribution in [1.82, 2.24) is 15.5 Å². The van der Waals surface area contributed by atoms with E-state index in [4.69, 9.17) is 9.47 Å². The molecule has 2 aliphatic rings. The summed E-state index contributed by atoms with van der Waals surface area (Å²) in [6, 6.07) is 15.3. The van der Waals surface area contributed by atoms with E-state index >= 15 is 0 Å². The molecule has 2 fully saturated rings. The molecule has 1 unspecified atom stereocenters. The molecule has 2 aromatic carbocycles. The highest BCUT2D eigenvalue weighted by Gasteiger charge is 2.31. The second-order valence-electron chi connectivity index (χ2n) is 9.11. The molecule has 2 heterocycles. The number of nitrogens with zero attached hydrogens (tertiary/aromatic N) is 3. The second-order valence-corrected chi connectivity index (χ2v) is 9.11. The van der Waals surface area contributed by atoms with Crippen molar-refractivity contribution in [3.8, 4) is 11.5 Å². The quantitative estimate of drug-likeness (QED) is 0.493. The molecule has 36 heavy (non-hydrogen) atoms. The van der Waals surface area contributed by atoms with E-state index in [1.54, 1.807) is 12.0 Å². The van der Waals surface area contributed by atoms with Crippen LogP contribution in [0.15, 0.2) is 48.5 Å². The molecule has 2 aliphatic heterocycles. The number of hydrogen-bond acceptors (Lipinski definition) is 6. The Morgan fingerprint density at radius 2 is 1.64 bits per heavy atom. The van der Waals surface area contributed by atoms with E-state index in [0.717, 1.165) is 56.3 Å². The summed E-state index contributed by atoms with van der Waals surface area (Å²) >= 11 is 0. The maximum atomic E-state index is 12.5. The van der Waals surface area contributed by atoms with E-state index < -0.39 is 0 Å². The van der Waals surface area contributed by atoms with Gasteiger partial charge in [0.25, 0.3) is 0 Å². The molecule has 2 saturated heterocycles. The molecule has 4 rings (SSSR count). The molecule has 0 aliphatic carbocycles. The van der Waals surface area contributed by atoms with E-state index in [2.05, 4.69) is 32.6 Å². The first-order valence-corrected chi connectivity index (χ1v) is 12.7. The SMILES string of the molecule is CCOc1ccc(N2CC(NC(=O)NCCCN3CCN(c4ccc(OC)cc4)CC3)CC2=O)cc1. The Bertz CT molecular complexity index is 990. The fraction of sp³-hybridized carbons (Fsp3) is 0.481. The van der Waals surface area contributed by atoms with Crippen molar-refractivity contribution in [3.63, 3.8) is 0 Å². The lowest BCUT2D eigenvalue weighted by atomic mass is 10.2. The molecular formula is C27H37N5O4. The van der Waals surface area contributed by atoms with Gasteiger partial charge in [0.15, 0.2) is 0 Å². The largest absolute Gasteiger partial charge is 0.497 e. The van der Waals surface area contributed by atoms with Gasteiger partial charge in [0.05, 0.1) is 19.8 Å². The zero-order valence-electron chi connectivity index (χ0n) is 21.2. The van der Waals surface area contributed by atoms with E-state index in [1.807, 2.05) is 43.3 Å². The number of nitrogens with one attached hydrogen (secondary N) is 2. The molecule has 2 aromatic rings. The minimum atomic E-state index is -0.217. The maximum Gasteiger partial charge on any atom is 0.315 e. The van der Waals surface area contributed by atoms with Crippen molar-refractivity contribution in [2.75, 3.05) is 69.3 Å². The summed E-state index contributed by atoms with van der Waals surface area (Å²) in [6.45, 7) is 8.54. The first kappa shape index (κ1) is 25.6. The number of carbonyl (C=O) groups excluding carboxylic acids is 2. The summed E-state index contributed by atoms with van der Waals surface area (Å²) in [5.74, 6) is 1.66. The minimum absolute atomic E-state index is 0.0123. The van der Waals surface area contributed by atoms with E-state index in [1.165, 1.54) is 5.69 Å². The molecule has 9 heteroatoms. The zero-order valence-corrected chi connectivity index (χ0v) is 21.2. The van der Waals surface area contributed by atoms with Crippen LogP contribution < -0.4 is 29.9 Å². The molecule has 194 valence electrons. The molecular weight excluding hydrogens is 458 g/mol. The number of rotatable bonds is 10. The standard InChI is InChI=1S/C27H37N5O4/c1-3-36-25-11-7-23(8-12-25)32-20-21(19-26(32)33)29-27(34)28-13-4-14-30-15-17-31(18-16-30)22-5-9-24(35-2)10-6-22/h5-12,21H,3-4,13-20H2,1-2H3,(H2,28,29,34). The molecule has 0 spiro atoms. The van der Waals surface area contributed by atoms with Gasteiger partial charge in [-0.25, -0.2) is 4.79 Å². The number of hydrogen-bond donors (Lipinski definition) is 2. The third-order valence-corrected chi connectivity index (χ3v) is 6.67. The molecule has 0 radical (unpaired) electrons. The summed E-state index contributed by atoms with van der Waals surface area (Å²) in [4.78, 5) is 31.4. The summed E-state index contributed by atoms with van der Waals surface area (Å²) in [5.41, 5.74) is 2.04. The number of amides is 3. The summed E-state index contributed by atoms with van der Waals surface area (Å²) < 4.78 is 10.7. The lowest BCUT2D eigenvalue weighted by molar-refractivity contribution is -0.117. The van der Waals surface area contributed by atoms with Crippen LogP contribution in [0.5, 0.6) is 11.5 Å². The molecule has 0 saturated carbocycles. The van der Waals surface area contributed by atoms with Gasteiger partial charge in [0, 0.05) is 57.1 Å². The maximum absolute atomic E-state index is 12.5. The highest BCUT2D eigenvalue weighted by atomic mass is 16.5. The van der Waals surface area contributed by atoms with Gasteiger partial charge >= 0.3 is 6.03 Å². The van der Waals surface area contributed by atoms with Gasteiger partial charge < -0.3 is 29.9 Å². The summed E-state index contributed by atoms with van der Waals surface area (Å²) in [5, 5.41) is 5.88. The fourth-order valence-corrected chi connectivity index (χ4v) is 4.71. The predicted octanol–water partition coefficient (Wildman–Crippen LogP) is 2.71. The average molecular weight is 496 g/mol. The Morgan fingerprint density at radius 1 is 0.972 bits per heavy atom. The van der Waals surface area contributed by atoms with Crippen LogP contribution >= 0.6 is 0 Å². The average Bonchev–Trinajstić information content (AvgIpc) is 3.27.